The Balaban J connectivity index is 2.42. The Hall–Kier alpha value is -2.17. The summed E-state index contributed by atoms with van der Waals surface area (Å²) in [5, 5.41) is 9.29. The van der Waals surface area contributed by atoms with Crippen LogP contribution in [-0.4, -0.2) is 16.1 Å². The topological polar surface area (TPSA) is 57.8 Å². The van der Waals surface area contributed by atoms with Crippen molar-refractivity contribution in [3.8, 4) is 0 Å². The molecule has 1 aromatic carbocycles. The van der Waals surface area contributed by atoms with Crippen molar-refractivity contribution in [2.45, 2.75) is 6.92 Å². The van der Waals surface area contributed by atoms with Gasteiger partial charge < -0.3 is 5.32 Å². The van der Waals surface area contributed by atoms with E-state index in [-0.39, 0.29) is 11.7 Å². The summed E-state index contributed by atoms with van der Waals surface area (Å²) in [4.78, 5) is 11.3. The molecule has 1 heterocycles. The molecule has 16 heavy (non-hydrogen) atoms. The minimum Gasteiger partial charge on any atom is -0.305 e. The van der Waals surface area contributed by atoms with Crippen LogP contribution in [0.4, 0.5) is 10.2 Å². The second-order valence-electron chi connectivity index (χ2n) is 3.22. The molecule has 5 heteroatoms. The van der Waals surface area contributed by atoms with Crippen LogP contribution in [0.5, 0.6) is 0 Å². The predicted molar refractivity (Wildman–Crippen MR) is 59.5 cm³/mol. The molecule has 0 aliphatic carbocycles. The summed E-state index contributed by atoms with van der Waals surface area (Å²) in [6, 6.07) is 4.59. The number of nitrogens with zero attached hydrogens (tertiary/aromatic N) is 1. The summed E-state index contributed by atoms with van der Waals surface area (Å²) < 4.78 is 13.5. The van der Waals surface area contributed by atoms with Crippen LogP contribution in [0.2, 0.25) is 0 Å². The molecule has 0 saturated heterocycles. The number of amides is 1. The molecule has 0 radical (unpaired) electrons. The number of carbonyl (C=O) groups is 1. The lowest BCUT2D eigenvalue weighted by Crippen LogP contribution is -2.08. The van der Waals surface area contributed by atoms with Crippen LogP contribution in [0.3, 0.4) is 0 Å². The van der Waals surface area contributed by atoms with Gasteiger partial charge >= 0.3 is 0 Å². The number of fused-ring (bicyclic) bond motifs is 1. The van der Waals surface area contributed by atoms with Gasteiger partial charge in [0.25, 0.3) is 0 Å². The maximum atomic E-state index is 13.5. The molecule has 0 aliphatic rings. The van der Waals surface area contributed by atoms with Gasteiger partial charge in [-0.2, -0.15) is 5.10 Å². The fourth-order valence-corrected chi connectivity index (χ4v) is 1.43. The van der Waals surface area contributed by atoms with E-state index in [0.717, 1.165) is 0 Å². The molecule has 0 spiro atoms. The molecule has 0 saturated carbocycles. The minimum atomic E-state index is -0.415. The third-order valence-electron chi connectivity index (χ3n) is 2.10. The van der Waals surface area contributed by atoms with Crippen molar-refractivity contribution in [2.24, 2.45) is 0 Å². The number of hydrogen-bond acceptors (Lipinski definition) is 2. The zero-order valence-electron chi connectivity index (χ0n) is 8.62. The van der Waals surface area contributed by atoms with Crippen molar-refractivity contribution in [3.63, 3.8) is 0 Å². The van der Waals surface area contributed by atoms with Gasteiger partial charge in [-0.05, 0) is 25.1 Å². The smallest absolute Gasteiger partial charge is 0.249 e. The Morgan fingerprint density at radius 3 is 3.12 bits per heavy atom. The van der Waals surface area contributed by atoms with Crippen LogP contribution in [0.25, 0.3) is 10.9 Å². The minimum absolute atomic E-state index is 0.205. The van der Waals surface area contributed by atoms with Crippen molar-refractivity contribution in [1.82, 2.24) is 10.2 Å². The molecule has 2 N–H and O–H groups in total. The molecule has 1 amide bonds. The SMILES string of the molecule is CC=CC(=O)Nc1n[nH]c2cccc(F)c12. The van der Waals surface area contributed by atoms with Crippen LogP contribution >= 0.6 is 0 Å². The van der Waals surface area contributed by atoms with E-state index >= 15 is 0 Å². The summed E-state index contributed by atoms with van der Waals surface area (Å²) in [5.74, 6) is -0.544. The van der Waals surface area contributed by atoms with Crippen molar-refractivity contribution in [3.05, 3.63) is 36.2 Å². The number of anilines is 1. The molecule has 2 aromatic rings. The lowest BCUT2D eigenvalue weighted by atomic mass is 10.2. The van der Waals surface area contributed by atoms with E-state index < -0.39 is 5.82 Å². The van der Waals surface area contributed by atoms with Gasteiger partial charge in [-0.15, -0.1) is 0 Å². The van der Waals surface area contributed by atoms with E-state index in [4.69, 9.17) is 0 Å². The van der Waals surface area contributed by atoms with Gasteiger partial charge in [0.1, 0.15) is 5.82 Å². The summed E-state index contributed by atoms with van der Waals surface area (Å²) in [6.07, 6.45) is 2.95. The first-order chi connectivity index (χ1) is 7.72. The highest BCUT2D eigenvalue weighted by Gasteiger charge is 2.11. The normalized spacial score (nSPS) is 11.1. The quantitative estimate of drug-likeness (QED) is 0.761. The molecular formula is C11H10FN3O. The van der Waals surface area contributed by atoms with Crippen molar-refractivity contribution >= 4 is 22.6 Å². The Bertz CT molecular complexity index is 559. The monoisotopic (exact) mass is 219 g/mol. The number of H-pyrrole nitrogens is 1. The summed E-state index contributed by atoms with van der Waals surface area (Å²) in [6.45, 7) is 1.73. The summed E-state index contributed by atoms with van der Waals surface area (Å²) in [5.41, 5.74) is 0.552. The van der Waals surface area contributed by atoms with Crippen molar-refractivity contribution in [2.75, 3.05) is 5.32 Å². The molecule has 0 atom stereocenters. The average Bonchev–Trinajstić information content (AvgIpc) is 2.63. The van der Waals surface area contributed by atoms with E-state index in [1.165, 1.54) is 12.1 Å². The third-order valence-corrected chi connectivity index (χ3v) is 2.10. The highest BCUT2D eigenvalue weighted by atomic mass is 19.1. The van der Waals surface area contributed by atoms with E-state index in [1.807, 2.05) is 0 Å². The number of hydrogen-bond donors (Lipinski definition) is 2. The molecule has 2 rings (SSSR count). The van der Waals surface area contributed by atoms with E-state index in [0.29, 0.717) is 10.9 Å². The zero-order valence-corrected chi connectivity index (χ0v) is 8.62. The second kappa shape index (κ2) is 4.14. The third kappa shape index (κ3) is 1.79. The van der Waals surface area contributed by atoms with E-state index in [2.05, 4.69) is 15.5 Å². The van der Waals surface area contributed by atoms with Crippen LogP contribution in [0, 0.1) is 5.82 Å². The van der Waals surface area contributed by atoms with Gasteiger partial charge in [-0.3, -0.25) is 9.89 Å². The molecule has 82 valence electrons. The first-order valence-electron chi connectivity index (χ1n) is 4.78. The van der Waals surface area contributed by atoms with Crippen LogP contribution < -0.4 is 5.32 Å². The van der Waals surface area contributed by atoms with Gasteiger partial charge in [0.05, 0.1) is 10.9 Å². The van der Waals surface area contributed by atoms with E-state index in [1.54, 1.807) is 25.1 Å². The number of aromatic nitrogens is 2. The summed E-state index contributed by atoms with van der Waals surface area (Å²) in [7, 11) is 0. The first kappa shape index (κ1) is 10.4. The van der Waals surface area contributed by atoms with Gasteiger partial charge in [0.15, 0.2) is 5.82 Å². The maximum Gasteiger partial charge on any atom is 0.249 e. The van der Waals surface area contributed by atoms with Crippen LogP contribution in [-0.2, 0) is 4.79 Å². The van der Waals surface area contributed by atoms with Gasteiger partial charge in [-0.25, -0.2) is 4.39 Å². The van der Waals surface area contributed by atoms with Gasteiger partial charge in [0, 0.05) is 0 Å². The number of rotatable bonds is 2. The number of nitrogens with one attached hydrogen (secondary N) is 2. The average molecular weight is 219 g/mol. The first-order valence-corrected chi connectivity index (χ1v) is 4.78. The zero-order chi connectivity index (χ0) is 11.5. The standard InChI is InChI=1S/C11H10FN3O/c1-2-4-9(16)13-11-10-7(12)5-3-6-8(10)14-15-11/h2-6H,1H3,(H2,13,14,15,16). The second-order valence-corrected chi connectivity index (χ2v) is 3.22. The van der Waals surface area contributed by atoms with Crippen molar-refractivity contribution in [1.29, 1.82) is 0 Å². The molecule has 1 aromatic heterocycles. The Morgan fingerprint density at radius 2 is 2.38 bits per heavy atom. The molecule has 4 nitrogen and oxygen atoms in total. The fraction of sp³-hybridized carbons (Fsp3) is 0.0909. The number of carbonyl (C=O) groups excluding carboxylic acids is 1. The number of halogens is 1. The highest BCUT2D eigenvalue weighted by molar-refractivity contribution is 6.04. The molecule has 0 aliphatic heterocycles. The fourth-order valence-electron chi connectivity index (χ4n) is 1.43. The highest BCUT2D eigenvalue weighted by Crippen LogP contribution is 2.23. The molecule has 0 bridgehead atoms. The largest absolute Gasteiger partial charge is 0.305 e. The van der Waals surface area contributed by atoms with Crippen LogP contribution in [0.15, 0.2) is 30.4 Å². The van der Waals surface area contributed by atoms with E-state index in [9.17, 15) is 9.18 Å². The Kier molecular flexibility index (Phi) is 2.68. The maximum absolute atomic E-state index is 13.5. The number of benzene rings is 1. The van der Waals surface area contributed by atoms with Gasteiger partial charge in [-0.1, -0.05) is 12.1 Å². The van der Waals surface area contributed by atoms with Crippen molar-refractivity contribution < 1.29 is 9.18 Å². The predicted octanol–water partition coefficient (Wildman–Crippen LogP) is 2.22. The Labute approximate surface area is 91.2 Å². The lowest BCUT2D eigenvalue weighted by molar-refractivity contribution is -0.111. The number of allylic oxidation sites excluding steroid dienone is 1. The summed E-state index contributed by atoms with van der Waals surface area (Å²) >= 11 is 0. The van der Waals surface area contributed by atoms with Gasteiger partial charge in [0.2, 0.25) is 5.91 Å². The molecule has 0 fully saturated rings. The number of aromatic amines is 1. The molecular weight excluding hydrogens is 209 g/mol. The lowest BCUT2D eigenvalue weighted by Gasteiger charge is -1.98. The Morgan fingerprint density at radius 1 is 1.56 bits per heavy atom. The van der Waals surface area contributed by atoms with Crippen LogP contribution in [0.1, 0.15) is 6.92 Å². The molecule has 0 unspecified atom stereocenters.